The maximum Gasteiger partial charge on any atom is 0.257 e. The molecule has 0 bridgehead atoms. The molecule has 31 heavy (non-hydrogen) atoms. The van der Waals surface area contributed by atoms with Crippen LogP contribution in [0.4, 0.5) is 5.82 Å². The predicted octanol–water partition coefficient (Wildman–Crippen LogP) is 4.37. The summed E-state index contributed by atoms with van der Waals surface area (Å²) in [6.07, 6.45) is 1.93. The Morgan fingerprint density at radius 2 is 1.94 bits per heavy atom. The van der Waals surface area contributed by atoms with Gasteiger partial charge in [0.05, 0.1) is 32.9 Å². The molecule has 2 aromatic heterocycles. The Labute approximate surface area is 188 Å². The molecule has 1 unspecified atom stereocenters. The van der Waals surface area contributed by atoms with Gasteiger partial charge in [0.25, 0.3) is 5.91 Å². The summed E-state index contributed by atoms with van der Waals surface area (Å²) in [5.41, 5.74) is 9.67. The summed E-state index contributed by atoms with van der Waals surface area (Å²) in [6.45, 7) is 1.13. The van der Waals surface area contributed by atoms with E-state index >= 15 is 0 Å². The van der Waals surface area contributed by atoms with E-state index in [0.717, 1.165) is 19.4 Å². The van der Waals surface area contributed by atoms with Crippen LogP contribution in [0.15, 0.2) is 42.5 Å². The summed E-state index contributed by atoms with van der Waals surface area (Å²) < 4.78 is 7.29. The zero-order valence-corrected chi connectivity index (χ0v) is 18.0. The molecule has 158 valence electrons. The number of nitrogens with two attached hydrogens (primary N) is 1. The lowest BCUT2D eigenvalue weighted by Crippen LogP contribution is -2.32. The first-order valence-corrected chi connectivity index (χ1v) is 10.7. The molecule has 1 aliphatic heterocycles. The monoisotopic (exact) mass is 455 g/mol. The number of ether oxygens (including phenoxy) is 1. The Balaban J connectivity index is 1.68. The molecule has 0 aliphatic carbocycles. The topological polar surface area (TPSA) is 95.1 Å². The number of hydrogen-bond acceptors (Lipinski definition) is 5. The molecule has 4 aromatic rings. The number of nitrogens with zero attached hydrogens (tertiary/aromatic N) is 3. The number of hydrogen-bond donors (Lipinski definition) is 2. The third-order valence-electron chi connectivity index (χ3n) is 5.40. The fourth-order valence-electron chi connectivity index (χ4n) is 3.87. The number of nitrogens with one attached hydrogen (secondary N) is 1. The molecule has 7 nitrogen and oxygen atoms in total. The number of halogens is 2. The standard InChI is InChI=1S/C22H19Cl2N5O2/c23-14-8-7-12(10-15(14)24)29-20(25)18(22(30)26-11-13-4-3-9-31-13)19-21(29)28-17-6-2-1-5-16(17)27-19/h1-2,5-8,10,13H,3-4,9,11,25H2,(H,26,30). The van der Waals surface area contributed by atoms with E-state index in [0.29, 0.717) is 44.5 Å². The van der Waals surface area contributed by atoms with Crippen LogP contribution in [0.25, 0.3) is 27.9 Å². The SMILES string of the molecule is Nc1c(C(=O)NCC2CCCO2)c2nc3ccccc3nc2n1-c1ccc(Cl)c(Cl)c1. The van der Waals surface area contributed by atoms with Crippen molar-refractivity contribution in [3.8, 4) is 5.69 Å². The van der Waals surface area contributed by atoms with Gasteiger partial charge in [-0.1, -0.05) is 35.3 Å². The van der Waals surface area contributed by atoms with Gasteiger partial charge in [0.2, 0.25) is 0 Å². The van der Waals surface area contributed by atoms with Crippen molar-refractivity contribution >= 4 is 57.1 Å². The van der Waals surface area contributed by atoms with Gasteiger partial charge in [-0.05, 0) is 43.2 Å². The lowest BCUT2D eigenvalue weighted by atomic mass is 10.2. The summed E-state index contributed by atoms with van der Waals surface area (Å²) in [4.78, 5) is 22.6. The highest BCUT2D eigenvalue weighted by Gasteiger charge is 2.26. The van der Waals surface area contributed by atoms with Crippen molar-refractivity contribution in [2.45, 2.75) is 18.9 Å². The maximum absolute atomic E-state index is 13.2. The minimum Gasteiger partial charge on any atom is -0.384 e. The molecule has 1 fully saturated rings. The van der Waals surface area contributed by atoms with E-state index in [1.54, 1.807) is 22.8 Å². The number of para-hydroxylation sites is 2. The molecule has 2 aromatic carbocycles. The second-order valence-electron chi connectivity index (χ2n) is 7.42. The van der Waals surface area contributed by atoms with Gasteiger partial charge in [-0.15, -0.1) is 0 Å². The maximum atomic E-state index is 13.2. The van der Waals surface area contributed by atoms with Crippen LogP contribution < -0.4 is 11.1 Å². The van der Waals surface area contributed by atoms with Gasteiger partial charge in [-0.3, -0.25) is 9.36 Å². The number of fused-ring (bicyclic) bond motifs is 2. The van der Waals surface area contributed by atoms with Crippen molar-refractivity contribution in [1.82, 2.24) is 19.9 Å². The molecule has 9 heteroatoms. The van der Waals surface area contributed by atoms with Crippen LogP contribution in [0.1, 0.15) is 23.2 Å². The Kier molecular flexibility index (Phi) is 5.17. The van der Waals surface area contributed by atoms with Crippen LogP contribution in [-0.4, -0.2) is 39.7 Å². The molecule has 3 heterocycles. The van der Waals surface area contributed by atoms with Crippen molar-refractivity contribution in [3.63, 3.8) is 0 Å². The van der Waals surface area contributed by atoms with Crippen molar-refractivity contribution in [2.75, 3.05) is 18.9 Å². The average Bonchev–Trinajstić information content (AvgIpc) is 3.38. The number of rotatable bonds is 4. The molecule has 1 saturated heterocycles. The van der Waals surface area contributed by atoms with E-state index in [-0.39, 0.29) is 23.4 Å². The summed E-state index contributed by atoms with van der Waals surface area (Å²) in [5.74, 6) is -0.0880. The second-order valence-corrected chi connectivity index (χ2v) is 8.24. The van der Waals surface area contributed by atoms with Crippen molar-refractivity contribution in [3.05, 3.63) is 58.1 Å². The minimum atomic E-state index is -0.318. The number of amides is 1. The van der Waals surface area contributed by atoms with Crippen LogP contribution in [0.3, 0.4) is 0 Å². The number of anilines is 1. The van der Waals surface area contributed by atoms with Gasteiger partial charge >= 0.3 is 0 Å². The number of benzene rings is 2. The zero-order chi connectivity index (χ0) is 21.5. The second kappa shape index (κ2) is 8.00. The molecule has 5 rings (SSSR count). The summed E-state index contributed by atoms with van der Waals surface area (Å²) >= 11 is 12.3. The third-order valence-corrected chi connectivity index (χ3v) is 6.14. The molecule has 1 atom stereocenters. The highest BCUT2D eigenvalue weighted by atomic mass is 35.5. The Morgan fingerprint density at radius 3 is 2.65 bits per heavy atom. The van der Waals surface area contributed by atoms with Crippen LogP contribution >= 0.6 is 23.2 Å². The zero-order valence-electron chi connectivity index (χ0n) is 16.4. The Bertz CT molecular complexity index is 1310. The minimum absolute atomic E-state index is 0.0144. The van der Waals surface area contributed by atoms with Crippen molar-refractivity contribution < 1.29 is 9.53 Å². The van der Waals surface area contributed by atoms with E-state index < -0.39 is 0 Å². The fraction of sp³-hybridized carbons (Fsp3) is 0.227. The third kappa shape index (κ3) is 3.59. The summed E-state index contributed by atoms with van der Waals surface area (Å²) in [6, 6.07) is 12.6. The molecule has 0 saturated carbocycles. The number of aromatic nitrogens is 3. The number of nitrogen functional groups attached to an aromatic ring is 1. The van der Waals surface area contributed by atoms with Gasteiger partial charge in [0.15, 0.2) is 5.65 Å². The highest BCUT2D eigenvalue weighted by Crippen LogP contribution is 2.33. The van der Waals surface area contributed by atoms with E-state index in [4.69, 9.17) is 43.6 Å². The molecule has 3 N–H and O–H groups in total. The Hall–Kier alpha value is -2.87. The van der Waals surface area contributed by atoms with Crippen molar-refractivity contribution in [1.29, 1.82) is 0 Å². The summed E-state index contributed by atoms with van der Waals surface area (Å²) in [7, 11) is 0. The first kappa shape index (κ1) is 20.1. The molecule has 1 aliphatic rings. The van der Waals surface area contributed by atoms with E-state index in [1.807, 2.05) is 24.3 Å². The molecule has 0 radical (unpaired) electrons. The average molecular weight is 456 g/mol. The molecule has 0 spiro atoms. The highest BCUT2D eigenvalue weighted by molar-refractivity contribution is 6.42. The van der Waals surface area contributed by atoms with E-state index in [9.17, 15) is 4.79 Å². The van der Waals surface area contributed by atoms with Crippen LogP contribution in [-0.2, 0) is 4.74 Å². The van der Waals surface area contributed by atoms with Crippen LogP contribution in [0, 0.1) is 0 Å². The van der Waals surface area contributed by atoms with Gasteiger partial charge in [0, 0.05) is 13.2 Å². The number of carbonyl (C=O) groups is 1. The van der Waals surface area contributed by atoms with Gasteiger partial charge < -0.3 is 15.8 Å². The quantitative estimate of drug-likeness (QED) is 0.476. The molecular weight excluding hydrogens is 437 g/mol. The van der Waals surface area contributed by atoms with Crippen molar-refractivity contribution in [2.24, 2.45) is 0 Å². The van der Waals surface area contributed by atoms with E-state index in [2.05, 4.69) is 5.32 Å². The smallest absolute Gasteiger partial charge is 0.257 e. The van der Waals surface area contributed by atoms with Gasteiger partial charge in [-0.25, -0.2) is 9.97 Å². The first-order valence-electron chi connectivity index (χ1n) is 9.95. The van der Waals surface area contributed by atoms with Gasteiger partial charge in [-0.2, -0.15) is 0 Å². The van der Waals surface area contributed by atoms with Crippen LogP contribution in [0.5, 0.6) is 0 Å². The number of carbonyl (C=O) groups excluding carboxylic acids is 1. The normalized spacial score (nSPS) is 16.3. The summed E-state index contributed by atoms with van der Waals surface area (Å²) in [5, 5.41) is 3.73. The van der Waals surface area contributed by atoms with Gasteiger partial charge in [0.1, 0.15) is 16.9 Å². The lowest BCUT2D eigenvalue weighted by Gasteiger charge is -2.11. The lowest BCUT2D eigenvalue weighted by molar-refractivity contribution is 0.0859. The fourth-order valence-corrected chi connectivity index (χ4v) is 4.16. The van der Waals surface area contributed by atoms with E-state index in [1.165, 1.54) is 0 Å². The Morgan fingerprint density at radius 1 is 1.16 bits per heavy atom. The molecular formula is C22H19Cl2N5O2. The predicted molar refractivity (Wildman–Crippen MR) is 122 cm³/mol. The van der Waals surface area contributed by atoms with Crippen LogP contribution in [0.2, 0.25) is 10.0 Å². The molecule has 1 amide bonds. The first-order chi connectivity index (χ1) is 15.0. The largest absolute Gasteiger partial charge is 0.384 e.